The van der Waals surface area contributed by atoms with Crippen molar-refractivity contribution in [3.63, 3.8) is 0 Å². The van der Waals surface area contributed by atoms with Gasteiger partial charge in [0, 0.05) is 13.1 Å². The summed E-state index contributed by atoms with van der Waals surface area (Å²) in [5.41, 5.74) is 0.328. The number of halogens is 3. The second-order valence-corrected chi connectivity index (χ2v) is 7.74. The normalized spacial score (nSPS) is 15.8. The van der Waals surface area contributed by atoms with E-state index in [4.69, 9.17) is 12.6 Å². The van der Waals surface area contributed by atoms with Gasteiger partial charge in [0.2, 0.25) is 5.91 Å². The number of hydrogen-bond donors (Lipinski definition) is 1. The first-order valence-corrected chi connectivity index (χ1v) is 10.4. The predicted molar refractivity (Wildman–Crippen MR) is 120 cm³/mol. The summed E-state index contributed by atoms with van der Waals surface area (Å²) in [5, 5.41) is 2.78. The number of carbonyl (C=O) groups excluding carboxylic acids is 1. The number of rotatable bonds is 5. The van der Waals surface area contributed by atoms with E-state index < -0.39 is 29.6 Å². The molecule has 1 aromatic heterocycles. The lowest BCUT2D eigenvalue weighted by Gasteiger charge is -2.31. The minimum absolute atomic E-state index is 0.195. The number of nitrogens with zero attached hydrogens (tertiary/aromatic N) is 3. The number of aromatic nitrogens is 2. The lowest BCUT2D eigenvalue weighted by Crippen LogP contribution is -2.47. The molecule has 1 aliphatic heterocycles. The molecule has 0 saturated carbocycles. The molecular formula is C22H20BF3N4O4. The summed E-state index contributed by atoms with van der Waals surface area (Å²) in [5.74, 6) is -1.13. The van der Waals surface area contributed by atoms with E-state index in [1.54, 1.807) is 19.1 Å². The Morgan fingerprint density at radius 1 is 1.21 bits per heavy atom. The van der Waals surface area contributed by atoms with Crippen LogP contribution in [0.4, 0.5) is 18.9 Å². The number of nitrogens with one attached hydrogen (secondary N) is 1. The molecule has 1 saturated heterocycles. The highest BCUT2D eigenvalue weighted by Gasteiger charge is 2.33. The van der Waals surface area contributed by atoms with Crippen LogP contribution in [0.5, 0.6) is 5.75 Å². The van der Waals surface area contributed by atoms with Crippen LogP contribution in [0, 0.1) is 0 Å². The third-order valence-corrected chi connectivity index (χ3v) is 5.48. The van der Waals surface area contributed by atoms with Crippen molar-refractivity contribution in [2.75, 3.05) is 31.6 Å². The van der Waals surface area contributed by atoms with Crippen molar-refractivity contribution >= 4 is 35.8 Å². The zero-order chi connectivity index (χ0) is 24.5. The smallest absolute Gasteiger partial charge is 0.404 e. The van der Waals surface area contributed by atoms with Crippen LogP contribution in [0.1, 0.15) is 6.92 Å². The lowest BCUT2D eigenvalue weighted by atomic mass is 9.95. The Labute approximate surface area is 193 Å². The third kappa shape index (κ3) is 5.23. The molecule has 2 radical (unpaired) electrons. The summed E-state index contributed by atoms with van der Waals surface area (Å²) in [4.78, 5) is 31.9. The van der Waals surface area contributed by atoms with E-state index in [9.17, 15) is 22.8 Å². The highest BCUT2D eigenvalue weighted by atomic mass is 19.4. The van der Waals surface area contributed by atoms with Crippen LogP contribution >= 0.6 is 0 Å². The molecule has 1 unspecified atom stereocenters. The standard InChI is InChI=1S/C22H20BF3N4O4/c1-13(29-6-8-33-9-7-29)20(31)28-18-11-15(3-5-19(18)34-22(24,25)26)30-12-27-17-10-14(23)2-4-16(17)21(30)32/h2-5,10-13H,6-9H2,1H3,(H,28,31). The SMILES string of the molecule is [B]c1ccc2c(=O)n(-c3ccc(OC(F)(F)F)c(NC(=O)C(C)N4CCOCC4)c3)cnc2c1. The average molecular weight is 472 g/mol. The van der Waals surface area contributed by atoms with Gasteiger partial charge in [0.25, 0.3) is 5.56 Å². The van der Waals surface area contributed by atoms with Crippen molar-refractivity contribution in [1.82, 2.24) is 14.5 Å². The van der Waals surface area contributed by atoms with E-state index >= 15 is 0 Å². The molecule has 0 bridgehead atoms. The number of hydrogen-bond acceptors (Lipinski definition) is 6. The Bertz CT molecular complexity index is 1280. The van der Waals surface area contributed by atoms with Gasteiger partial charge in [0.1, 0.15) is 14.2 Å². The van der Waals surface area contributed by atoms with Gasteiger partial charge in [-0.3, -0.25) is 19.1 Å². The van der Waals surface area contributed by atoms with Crippen LogP contribution in [0.25, 0.3) is 16.6 Å². The average Bonchev–Trinajstić information content (AvgIpc) is 2.79. The van der Waals surface area contributed by atoms with Gasteiger partial charge in [-0.15, -0.1) is 13.2 Å². The fraction of sp³-hybridized carbons (Fsp3) is 0.318. The van der Waals surface area contributed by atoms with E-state index in [1.807, 2.05) is 4.90 Å². The summed E-state index contributed by atoms with van der Waals surface area (Å²) < 4.78 is 49.4. The molecule has 1 amide bonds. The van der Waals surface area contributed by atoms with Crippen molar-refractivity contribution < 1.29 is 27.4 Å². The van der Waals surface area contributed by atoms with E-state index in [-0.39, 0.29) is 16.8 Å². The fourth-order valence-electron chi connectivity index (χ4n) is 3.67. The minimum Gasteiger partial charge on any atom is -0.404 e. The largest absolute Gasteiger partial charge is 0.573 e. The molecule has 34 heavy (non-hydrogen) atoms. The summed E-state index contributed by atoms with van der Waals surface area (Å²) in [6.07, 6.45) is -3.73. The molecule has 12 heteroatoms. The highest BCUT2D eigenvalue weighted by molar-refractivity contribution is 6.33. The minimum atomic E-state index is -4.97. The lowest BCUT2D eigenvalue weighted by molar-refractivity contribution is -0.274. The van der Waals surface area contributed by atoms with E-state index in [0.29, 0.717) is 37.3 Å². The number of anilines is 1. The van der Waals surface area contributed by atoms with Gasteiger partial charge < -0.3 is 14.8 Å². The maximum absolute atomic E-state index is 13.0. The number of alkyl halides is 3. The number of amides is 1. The van der Waals surface area contributed by atoms with Gasteiger partial charge in [0.15, 0.2) is 5.75 Å². The summed E-state index contributed by atoms with van der Waals surface area (Å²) >= 11 is 0. The Hall–Kier alpha value is -3.38. The monoisotopic (exact) mass is 472 g/mol. The Kier molecular flexibility index (Phi) is 6.62. The quantitative estimate of drug-likeness (QED) is 0.570. The molecule has 0 spiro atoms. The maximum Gasteiger partial charge on any atom is 0.573 e. The fourth-order valence-corrected chi connectivity index (χ4v) is 3.67. The Balaban J connectivity index is 1.70. The number of morpholine rings is 1. The van der Waals surface area contributed by atoms with Crippen LogP contribution in [-0.2, 0) is 9.53 Å². The van der Waals surface area contributed by atoms with Gasteiger partial charge in [-0.1, -0.05) is 11.5 Å². The molecule has 8 nitrogen and oxygen atoms in total. The van der Waals surface area contributed by atoms with Crippen LogP contribution in [0.2, 0.25) is 0 Å². The van der Waals surface area contributed by atoms with Gasteiger partial charge >= 0.3 is 6.36 Å². The van der Waals surface area contributed by atoms with E-state index in [1.165, 1.54) is 24.5 Å². The first kappa shape index (κ1) is 23.8. The van der Waals surface area contributed by atoms with Gasteiger partial charge in [-0.25, -0.2) is 4.98 Å². The molecule has 1 fully saturated rings. The first-order chi connectivity index (χ1) is 16.1. The second-order valence-electron chi connectivity index (χ2n) is 7.74. The van der Waals surface area contributed by atoms with Gasteiger partial charge in [0.05, 0.1) is 41.5 Å². The molecule has 1 aliphatic rings. The molecule has 2 heterocycles. The third-order valence-electron chi connectivity index (χ3n) is 5.48. The van der Waals surface area contributed by atoms with E-state index in [2.05, 4.69) is 15.0 Å². The molecule has 2 aromatic carbocycles. The van der Waals surface area contributed by atoms with Crippen LogP contribution < -0.4 is 21.1 Å². The van der Waals surface area contributed by atoms with Crippen molar-refractivity contribution in [3.05, 3.63) is 53.1 Å². The van der Waals surface area contributed by atoms with Crippen LogP contribution in [-0.4, -0.2) is 66.9 Å². The maximum atomic E-state index is 13.0. The summed E-state index contributed by atoms with van der Waals surface area (Å²) in [7, 11) is 5.73. The molecule has 176 valence electrons. The summed E-state index contributed by atoms with van der Waals surface area (Å²) in [6, 6.07) is 7.53. The number of benzene rings is 2. The molecular weight excluding hydrogens is 452 g/mol. The van der Waals surface area contributed by atoms with Crippen molar-refractivity contribution in [3.8, 4) is 11.4 Å². The highest BCUT2D eigenvalue weighted by Crippen LogP contribution is 2.32. The number of carbonyl (C=O) groups is 1. The predicted octanol–water partition coefficient (Wildman–Crippen LogP) is 1.74. The molecule has 1 N–H and O–H groups in total. The molecule has 1 atom stereocenters. The number of fused-ring (bicyclic) bond motifs is 1. The van der Waals surface area contributed by atoms with Gasteiger partial charge in [-0.2, -0.15) is 0 Å². The molecule has 4 rings (SSSR count). The molecule has 0 aliphatic carbocycles. The van der Waals surface area contributed by atoms with E-state index in [0.717, 1.165) is 10.6 Å². The van der Waals surface area contributed by atoms with Gasteiger partial charge in [-0.05, 0) is 37.3 Å². The Morgan fingerprint density at radius 2 is 1.94 bits per heavy atom. The van der Waals surface area contributed by atoms with Crippen molar-refractivity contribution in [2.24, 2.45) is 0 Å². The van der Waals surface area contributed by atoms with Crippen molar-refractivity contribution in [1.29, 1.82) is 0 Å². The van der Waals surface area contributed by atoms with Crippen molar-refractivity contribution in [2.45, 2.75) is 19.3 Å². The second kappa shape index (κ2) is 9.47. The number of ether oxygens (including phenoxy) is 2. The topological polar surface area (TPSA) is 85.7 Å². The Morgan fingerprint density at radius 3 is 2.65 bits per heavy atom. The molecule has 3 aromatic rings. The van der Waals surface area contributed by atoms with Crippen LogP contribution in [0.15, 0.2) is 47.5 Å². The van der Waals surface area contributed by atoms with Crippen LogP contribution in [0.3, 0.4) is 0 Å². The zero-order valence-corrected chi connectivity index (χ0v) is 18.1. The summed E-state index contributed by atoms with van der Waals surface area (Å²) in [6.45, 7) is 3.60. The zero-order valence-electron chi connectivity index (χ0n) is 18.1. The first-order valence-electron chi connectivity index (χ1n) is 10.4.